The van der Waals surface area contributed by atoms with Crippen molar-refractivity contribution < 1.29 is 9.18 Å². The second kappa shape index (κ2) is 6.66. The molecular formula is C15H17BrFN5O. The second-order valence-electron chi connectivity index (χ2n) is 5.56. The Morgan fingerprint density at radius 2 is 2.35 bits per heavy atom. The summed E-state index contributed by atoms with van der Waals surface area (Å²) in [6, 6.07) is 3.03. The highest BCUT2D eigenvalue weighted by molar-refractivity contribution is 9.10. The van der Waals surface area contributed by atoms with Crippen LogP contribution in [0.15, 0.2) is 29.0 Å². The van der Waals surface area contributed by atoms with Gasteiger partial charge in [-0.1, -0.05) is 0 Å². The number of rotatable bonds is 3. The minimum Gasteiger partial charge on any atom is -0.352 e. The van der Waals surface area contributed by atoms with Crippen molar-refractivity contribution in [1.82, 2.24) is 20.1 Å². The molecule has 1 aliphatic heterocycles. The third-order valence-electron chi connectivity index (χ3n) is 3.90. The van der Waals surface area contributed by atoms with E-state index < -0.39 is 0 Å². The first kappa shape index (κ1) is 15.9. The van der Waals surface area contributed by atoms with Crippen LogP contribution in [-0.2, 0) is 7.05 Å². The number of aryl methyl sites for hydroxylation is 1. The van der Waals surface area contributed by atoms with Gasteiger partial charge in [0, 0.05) is 43.0 Å². The number of hydrogen-bond donors (Lipinski definition) is 1. The van der Waals surface area contributed by atoms with Crippen LogP contribution < -0.4 is 10.2 Å². The minimum absolute atomic E-state index is 0.0454. The molecule has 0 aromatic carbocycles. The molecule has 6 nitrogen and oxygen atoms in total. The van der Waals surface area contributed by atoms with E-state index in [9.17, 15) is 9.18 Å². The molecule has 1 saturated heterocycles. The molecule has 1 unspecified atom stereocenters. The first-order valence-corrected chi connectivity index (χ1v) is 8.19. The number of halogens is 2. The van der Waals surface area contributed by atoms with Crippen LogP contribution in [0.5, 0.6) is 0 Å². The zero-order valence-electron chi connectivity index (χ0n) is 12.7. The first-order chi connectivity index (χ1) is 11.0. The fraction of sp³-hybridized carbons (Fsp3) is 0.400. The van der Waals surface area contributed by atoms with E-state index in [1.54, 1.807) is 25.5 Å². The van der Waals surface area contributed by atoms with E-state index in [0.29, 0.717) is 22.5 Å². The number of pyridine rings is 1. The van der Waals surface area contributed by atoms with Crippen LogP contribution in [-0.4, -0.2) is 39.8 Å². The van der Waals surface area contributed by atoms with Gasteiger partial charge in [0.1, 0.15) is 5.69 Å². The number of nitrogens with zero attached hydrogens (tertiary/aromatic N) is 4. The van der Waals surface area contributed by atoms with E-state index in [1.807, 2.05) is 4.90 Å². The number of nitrogens with one attached hydrogen (secondary N) is 1. The molecule has 1 aliphatic rings. The maximum atomic E-state index is 14.1. The summed E-state index contributed by atoms with van der Waals surface area (Å²) in [6.45, 7) is 1.26. The van der Waals surface area contributed by atoms with Gasteiger partial charge in [0.2, 0.25) is 0 Å². The highest BCUT2D eigenvalue weighted by atomic mass is 79.9. The van der Waals surface area contributed by atoms with Crippen molar-refractivity contribution in [1.29, 1.82) is 0 Å². The van der Waals surface area contributed by atoms with Gasteiger partial charge in [0.15, 0.2) is 11.6 Å². The van der Waals surface area contributed by atoms with Gasteiger partial charge in [0.05, 0.1) is 0 Å². The molecule has 3 heterocycles. The predicted molar refractivity (Wildman–Crippen MR) is 87.8 cm³/mol. The standard InChI is InChI=1S/C15H17BrFN5O/c1-21-13(4-5-19-21)15(23)20-11-3-2-6-22(9-11)14-12(17)7-10(16)8-18-14/h4-5,7-8,11H,2-3,6,9H2,1H3,(H,20,23). The summed E-state index contributed by atoms with van der Waals surface area (Å²) in [5, 5.41) is 6.99. The number of hydrogen-bond acceptors (Lipinski definition) is 4. The van der Waals surface area contributed by atoms with Crippen molar-refractivity contribution in [2.75, 3.05) is 18.0 Å². The molecule has 0 radical (unpaired) electrons. The van der Waals surface area contributed by atoms with Crippen LogP contribution in [0.3, 0.4) is 0 Å². The summed E-state index contributed by atoms with van der Waals surface area (Å²) in [5.74, 6) is -0.202. The van der Waals surface area contributed by atoms with Gasteiger partial charge in [-0.25, -0.2) is 9.37 Å². The maximum Gasteiger partial charge on any atom is 0.269 e. The maximum absolute atomic E-state index is 14.1. The van der Waals surface area contributed by atoms with Crippen molar-refractivity contribution >= 4 is 27.7 Å². The Kier molecular flexibility index (Phi) is 4.61. The fourth-order valence-corrected chi connectivity index (χ4v) is 3.09. The van der Waals surface area contributed by atoms with Crippen LogP contribution in [0.1, 0.15) is 23.3 Å². The lowest BCUT2D eigenvalue weighted by molar-refractivity contribution is 0.0923. The van der Waals surface area contributed by atoms with E-state index in [1.165, 1.54) is 10.7 Å². The van der Waals surface area contributed by atoms with Crippen molar-refractivity contribution in [3.05, 3.63) is 40.5 Å². The van der Waals surface area contributed by atoms with Gasteiger partial charge in [-0.05, 0) is 40.9 Å². The molecule has 2 aromatic heterocycles. The zero-order valence-corrected chi connectivity index (χ0v) is 14.3. The van der Waals surface area contributed by atoms with E-state index in [2.05, 4.69) is 31.3 Å². The molecule has 1 N–H and O–H groups in total. The SMILES string of the molecule is Cn1nccc1C(=O)NC1CCCN(c2ncc(Br)cc2F)C1. The molecule has 1 amide bonds. The number of anilines is 1. The van der Waals surface area contributed by atoms with Gasteiger partial charge >= 0.3 is 0 Å². The lowest BCUT2D eigenvalue weighted by Crippen LogP contribution is -2.48. The van der Waals surface area contributed by atoms with Gasteiger partial charge in [0.25, 0.3) is 5.91 Å². The average Bonchev–Trinajstić information content (AvgIpc) is 2.94. The lowest BCUT2D eigenvalue weighted by Gasteiger charge is -2.34. The van der Waals surface area contributed by atoms with Crippen LogP contribution in [0.2, 0.25) is 0 Å². The monoisotopic (exact) mass is 381 g/mol. The molecular weight excluding hydrogens is 365 g/mol. The number of carbonyl (C=O) groups is 1. The third-order valence-corrected chi connectivity index (χ3v) is 4.33. The molecule has 0 bridgehead atoms. The van der Waals surface area contributed by atoms with Crippen LogP contribution in [0.4, 0.5) is 10.2 Å². The molecule has 0 saturated carbocycles. The quantitative estimate of drug-likeness (QED) is 0.884. The Labute approximate surface area is 141 Å². The van der Waals surface area contributed by atoms with Gasteiger partial charge < -0.3 is 10.2 Å². The summed E-state index contributed by atoms with van der Waals surface area (Å²) in [4.78, 5) is 18.3. The molecule has 1 atom stereocenters. The number of piperidine rings is 1. The smallest absolute Gasteiger partial charge is 0.269 e. The Balaban J connectivity index is 1.69. The normalized spacial score (nSPS) is 18.0. The molecule has 122 valence electrons. The Bertz CT molecular complexity index is 720. The summed E-state index contributed by atoms with van der Waals surface area (Å²) in [6.07, 6.45) is 4.89. The Morgan fingerprint density at radius 3 is 3.04 bits per heavy atom. The molecule has 0 spiro atoms. The first-order valence-electron chi connectivity index (χ1n) is 7.39. The number of aromatic nitrogens is 3. The van der Waals surface area contributed by atoms with Crippen molar-refractivity contribution in [3.8, 4) is 0 Å². The van der Waals surface area contributed by atoms with E-state index in [4.69, 9.17) is 0 Å². The highest BCUT2D eigenvalue weighted by Crippen LogP contribution is 2.23. The van der Waals surface area contributed by atoms with Crippen LogP contribution in [0, 0.1) is 5.82 Å². The second-order valence-corrected chi connectivity index (χ2v) is 6.47. The van der Waals surface area contributed by atoms with Crippen molar-refractivity contribution in [3.63, 3.8) is 0 Å². The highest BCUT2D eigenvalue weighted by Gasteiger charge is 2.25. The van der Waals surface area contributed by atoms with Crippen LogP contribution >= 0.6 is 15.9 Å². The van der Waals surface area contributed by atoms with Crippen molar-refractivity contribution in [2.45, 2.75) is 18.9 Å². The predicted octanol–water partition coefficient (Wildman–Crippen LogP) is 2.12. The fourth-order valence-electron chi connectivity index (χ4n) is 2.78. The summed E-state index contributed by atoms with van der Waals surface area (Å²) in [5.41, 5.74) is 0.509. The van der Waals surface area contributed by atoms with E-state index in [-0.39, 0.29) is 17.8 Å². The Hall–Kier alpha value is -1.96. The number of amides is 1. The minimum atomic E-state index is -0.363. The molecule has 23 heavy (non-hydrogen) atoms. The van der Waals surface area contributed by atoms with E-state index in [0.717, 1.165) is 19.4 Å². The molecule has 0 aliphatic carbocycles. The summed E-state index contributed by atoms with van der Waals surface area (Å²) < 4.78 is 16.2. The zero-order chi connectivity index (χ0) is 16.4. The van der Waals surface area contributed by atoms with Gasteiger partial charge in [-0.15, -0.1) is 0 Å². The van der Waals surface area contributed by atoms with E-state index >= 15 is 0 Å². The average molecular weight is 382 g/mol. The van der Waals surface area contributed by atoms with Gasteiger partial charge in [-0.3, -0.25) is 9.48 Å². The van der Waals surface area contributed by atoms with Crippen molar-refractivity contribution in [2.24, 2.45) is 7.05 Å². The molecule has 1 fully saturated rings. The summed E-state index contributed by atoms with van der Waals surface area (Å²) >= 11 is 3.21. The summed E-state index contributed by atoms with van der Waals surface area (Å²) in [7, 11) is 1.73. The topological polar surface area (TPSA) is 63.1 Å². The molecule has 2 aromatic rings. The molecule has 3 rings (SSSR count). The molecule has 8 heteroatoms. The van der Waals surface area contributed by atoms with Gasteiger partial charge in [-0.2, -0.15) is 5.10 Å². The number of carbonyl (C=O) groups excluding carboxylic acids is 1. The third kappa shape index (κ3) is 3.52. The largest absolute Gasteiger partial charge is 0.352 e. The van der Waals surface area contributed by atoms with Crippen LogP contribution in [0.25, 0.3) is 0 Å². The Morgan fingerprint density at radius 1 is 1.52 bits per heavy atom. The lowest BCUT2D eigenvalue weighted by atomic mass is 10.1.